The average Bonchev–Trinajstić information content (AvgIpc) is 1.70. The molecule has 30 nitrogen and oxygen atoms in total. The summed E-state index contributed by atoms with van der Waals surface area (Å²) in [6.45, 7) is 4.08. The maximum absolute atomic E-state index is 16.2. The molecule has 6 aromatic rings. The van der Waals surface area contributed by atoms with Gasteiger partial charge in [-0.2, -0.15) is 0 Å². The van der Waals surface area contributed by atoms with Crippen molar-refractivity contribution < 1.29 is 85.3 Å². The minimum atomic E-state index is -1.93. The molecule has 107 heavy (non-hydrogen) atoms. The molecule has 2 saturated heterocycles. The number of unbranched alkanes of at least 4 members (excludes halogenated alkanes) is 1. The Kier molecular flexibility index (Phi) is 27.1. The summed E-state index contributed by atoms with van der Waals surface area (Å²) in [5.41, 5.74) is 12.4. The Balaban J connectivity index is 1.06. The first-order chi connectivity index (χ1) is 51.0. The Hall–Kier alpha value is -11.1. The molecule has 2 bridgehead atoms. The lowest BCUT2D eigenvalue weighted by molar-refractivity contribution is -0.147. The summed E-state index contributed by atoms with van der Waals surface area (Å²) in [7, 11) is 1.44. The predicted octanol–water partition coefficient (Wildman–Crippen LogP) is 0.729. The van der Waals surface area contributed by atoms with E-state index in [2.05, 4.69) is 57.8 Å². The molecule has 4 aromatic carbocycles. The summed E-state index contributed by atoms with van der Waals surface area (Å²) >= 11 is 0. The average molecular weight is 1490 g/mol. The van der Waals surface area contributed by atoms with Crippen molar-refractivity contribution in [3.05, 3.63) is 131 Å². The number of rotatable bonds is 14. The van der Waals surface area contributed by atoms with Crippen molar-refractivity contribution in [3.63, 3.8) is 0 Å². The lowest BCUT2D eigenvalue weighted by Crippen LogP contribution is -2.64. The van der Waals surface area contributed by atoms with Gasteiger partial charge in [0.05, 0.1) is 19.8 Å². The molecule has 16 N–H and O–H groups in total. The Bertz CT molecular complexity index is 4250. The summed E-state index contributed by atoms with van der Waals surface area (Å²) in [6, 6.07) is 6.12. The highest BCUT2D eigenvalue weighted by atomic mass is 19.1. The van der Waals surface area contributed by atoms with Crippen LogP contribution in [0.1, 0.15) is 101 Å². The molecule has 12 amide bonds. The molecule has 0 aliphatic carbocycles. The molecule has 0 unspecified atom stereocenters. The number of carbonyl (C=O) groups excluding carboxylic acids is 12. The highest BCUT2D eigenvalue weighted by Crippen LogP contribution is 2.32. The van der Waals surface area contributed by atoms with Gasteiger partial charge in [0.15, 0.2) is 6.61 Å². The van der Waals surface area contributed by atoms with E-state index in [1.54, 1.807) is 36.4 Å². The van der Waals surface area contributed by atoms with Crippen molar-refractivity contribution in [1.29, 1.82) is 0 Å². The number of hydrogen-bond acceptors (Lipinski definition) is 16. The molecule has 0 saturated carbocycles. The Labute approximate surface area is 614 Å². The molecular formula is C74H92F3N15O15. The normalized spacial score (nSPS) is 25.2. The van der Waals surface area contributed by atoms with Gasteiger partial charge in [-0.25, -0.2) is 13.2 Å². The van der Waals surface area contributed by atoms with Gasteiger partial charge in [0.25, 0.3) is 5.91 Å². The number of nitrogens with one attached hydrogen (secondary N) is 11. The van der Waals surface area contributed by atoms with Crippen LogP contribution in [0.25, 0.3) is 21.8 Å². The van der Waals surface area contributed by atoms with Gasteiger partial charge in [-0.15, -0.1) is 0 Å². The fourth-order valence-electron chi connectivity index (χ4n) is 13.5. The lowest BCUT2D eigenvalue weighted by Gasteiger charge is -2.37. The highest BCUT2D eigenvalue weighted by Gasteiger charge is 2.50. The van der Waals surface area contributed by atoms with Gasteiger partial charge in [0.2, 0.25) is 65.0 Å². The van der Waals surface area contributed by atoms with E-state index < -0.39 is 187 Å². The first kappa shape index (κ1) is 80.0. The third-order valence-corrected chi connectivity index (χ3v) is 19.5. The Morgan fingerprint density at radius 2 is 1.33 bits per heavy atom. The number of amides is 12. The van der Waals surface area contributed by atoms with Crippen LogP contribution in [-0.2, 0) is 83.2 Å². The molecule has 2 fully saturated rings. The molecule has 0 spiro atoms. The molecule has 12 atom stereocenters. The number of aromatic amines is 2. The van der Waals surface area contributed by atoms with Gasteiger partial charge in [-0.05, 0) is 155 Å². The highest BCUT2D eigenvalue weighted by molar-refractivity contribution is 6.01. The smallest absolute Gasteiger partial charge is 0.257 e. The van der Waals surface area contributed by atoms with Gasteiger partial charge in [-0.3, -0.25) is 57.5 Å². The number of aliphatic hydroxyl groups excluding tert-OH is 1. The van der Waals surface area contributed by atoms with Crippen LogP contribution in [0.2, 0.25) is 0 Å². The lowest BCUT2D eigenvalue weighted by atomic mass is 9.94. The van der Waals surface area contributed by atoms with Crippen LogP contribution in [0.5, 0.6) is 11.5 Å². The Morgan fingerprint density at radius 1 is 0.720 bits per heavy atom. The molecule has 574 valence electrons. The van der Waals surface area contributed by atoms with Crippen molar-refractivity contribution in [2.45, 2.75) is 177 Å². The number of nitrogens with zero attached hydrogens (tertiary/aromatic N) is 2. The number of H-pyrrole nitrogens is 2. The van der Waals surface area contributed by atoms with Crippen molar-refractivity contribution >= 4 is 92.7 Å². The summed E-state index contributed by atoms with van der Waals surface area (Å²) in [4.78, 5) is 180. The minimum Gasteiger partial charge on any atom is -0.497 e. The van der Waals surface area contributed by atoms with Crippen LogP contribution in [0.15, 0.2) is 97.3 Å². The number of nitrogens with two attached hydrogens (primary N) is 2. The number of ether oxygens (including phenoxy) is 2. The van der Waals surface area contributed by atoms with E-state index in [0.717, 1.165) is 11.8 Å². The number of primary amides is 1. The predicted molar refractivity (Wildman–Crippen MR) is 383 cm³/mol. The monoisotopic (exact) mass is 1490 g/mol. The van der Waals surface area contributed by atoms with Crippen LogP contribution >= 0.6 is 0 Å². The zero-order valence-electron chi connectivity index (χ0n) is 60.0. The number of aliphatic hydroxyl groups is 1. The summed E-state index contributed by atoms with van der Waals surface area (Å²) < 4.78 is 57.3. The maximum atomic E-state index is 16.2. The largest absolute Gasteiger partial charge is 0.497 e. The van der Waals surface area contributed by atoms with Crippen LogP contribution in [0.3, 0.4) is 0 Å². The SMILES string of the molecule is COc1ccc(C[C@@H]2NC(=O)[C@H]([C@@H](C)O)NC(=O)[C@@H]3C[C@H](F)CN3C(=O)[C@H](Cc3c[nH]c4ccc(F)cc34)NC(=O)[C@H](Cc3c[nH]c4ccc(F)cc34)NC(=O)[C@H](C)NC(=O)[C@H](CCCCN)NC(=O)[C@@H](NC(C)=O)CCCNC(=O)COc3ccc(cc3)C[C@@H](C(N)=O)NC(=O)[C@]3(C)CCCN3C2=O)cc1. The summed E-state index contributed by atoms with van der Waals surface area (Å²) in [6.07, 6.45) is -1.55. The van der Waals surface area contributed by atoms with Gasteiger partial charge in [-0.1, -0.05) is 24.3 Å². The Morgan fingerprint density at radius 3 is 1.94 bits per heavy atom. The van der Waals surface area contributed by atoms with E-state index in [1.807, 2.05) is 0 Å². The number of benzene rings is 4. The van der Waals surface area contributed by atoms with Crippen LogP contribution in [0, 0.1) is 11.6 Å². The van der Waals surface area contributed by atoms with E-state index in [1.165, 1.54) is 93.7 Å². The topological polar surface area (TPSA) is 442 Å². The molecule has 6 heterocycles. The van der Waals surface area contributed by atoms with E-state index in [0.29, 0.717) is 40.8 Å². The molecule has 10 rings (SSSR count). The van der Waals surface area contributed by atoms with E-state index in [-0.39, 0.29) is 92.2 Å². The van der Waals surface area contributed by atoms with Gasteiger partial charge >= 0.3 is 0 Å². The van der Waals surface area contributed by atoms with E-state index in [4.69, 9.17) is 20.9 Å². The number of aromatic nitrogens is 2. The fraction of sp³-hybridized carbons (Fsp3) is 0.459. The zero-order chi connectivity index (χ0) is 77.4. The third kappa shape index (κ3) is 20.7. The first-order valence-corrected chi connectivity index (χ1v) is 35.5. The van der Waals surface area contributed by atoms with Crippen LogP contribution in [0.4, 0.5) is 13.2 Å². The van der Waals surface area contributed by atoms with E-state index >= 15 is 23.2 Å². The van der Waals surface area contributed by atoms with Crippen LogP contribution < -0.4 is 68.8 Å². The number of carbonyl (C=O) groups is 12. The van der Waals surface area contributed by atoms with Crippen molar-refractivity contribution in [3.8, 4) is 11.5 Å². The number of methoxy groups -OCH3 is 1. The van der Waals surface area contributed by atoms with Gasteiger partial charge in [0, 0.05) is 86.3 Å². The fourth-order valence-corrected chi connectivity index (χ4v) is 13.5. The van der Waals surface area contributed by atoms with Crippen molar-refractivity contribution in [2.24, 2.45) is 11.5 Å². The quantitative estimate of drug-likeness (QED) is 0.0528. The van der Waals surface area contributed by atoms with Crippen molar-refractivity contribution in [1.82, 2.24) is 67.6 Å². The van der Waals surface area contributed by atoms with E-state index in [9.17, 15) is 52.6 Å². The number of halogens is 3. The van der Waals surface area contributed by atoms with Crippen molar-refractivity contribution in [2.75, 3.05) is 39.9 Å². The second-order valence-corrected chi connectivity index (χ2v) is 27.5. The zero-order valence-corrected chi connectivity index (χ0v) is 60.0. The minimum absolute atomic E-state index is 0.00362. The number of alkyl halides is 1. The molecule has 4 aliphatic rings. The molecular weight excluding hydrogens is 1400 g/mol. The maximum Gasteiger partial charge on any atom is 0.257 e. The summed E-state index contributed by atoms with van der Waals surface area (Å²) in [5.74, 6) is -11.4. The second-order valence-electron chi connectivity index (χ2n) is 27.5. The number of fused-ring (bicyclic) bond motifs is 33. The standard InChI is InChI=1S/C74H92F3N15O15/c1-39-65(97)86-58(30-44-35-81-53-22-16-46(75)32-51(44)53)68(100)87-60(31-45-36-82-54-23-17-47(76)33-52(45)54)71(103)91-37-48(77)34-61(91)69(101)90-63(40(2)93)70(102)88-59(29-43-12-18-49(106-5)19-13-43)72(104)92-27-9-24-74(92,4)73(105)89-57(64(79)96)28-42-14-20-50(21-15-42)107-38-62(95)80-26-8-11-55(84-41(3)94)67(99)85-56(66(98)83-39)10-6-7-25-78/h12-23,32-33,35-36,39-40,48,55-61,63,81-82,93H,6-11,24-31,34,37-38,78H2,1-5H3,(H2,79,96)(H,80,95)(H,83,98)(H,84,94)(H,85,99)(H,86,97)(H,87,100)(H,88,102)(H,89,105)(H,90,101)/t39-,40+,48-,55-,56-,57-,58-,59-,60-,61-,63-,74-/m0/s1. The molecule has 2 aromatic heterocycles. The van der Waals surface area contributed by atoms with Crippen LogP contribution in [-0.4, -0.2) is 208 Å². The molecule has 4 aliphatic heterocycles. The van der Waals surface area contributed by atoms with Gasteiger partial charge < -0.3 is 93.7 Å². The van der Waals surface area contributed by atoms with Gasteiger partial charge in [0.1, 0.15) is 89.2 Å². The molecule has 0 radical (unpaired) electrons. The third-order valence-electron chi connectivity index (χ3n) is 19.5. The number of hydrogen-bond donors (Lipinski definition) is 14. The summed E-state index contributed by atoms with van der Waals surface area (Å²) in [5, 5.41) is 35.6. The first-order valence-electron chi connectivity index (χ1n) is 35.5. The second kappa shape index (κ2) is 36.3. The molecule has 33 heteroatoms.